The number of amides is 4. The van der Waals surface area contributed by atoms with Crippen LogP contribution in [0.15, 0.2) is 81.6 Å². The molecule has 6 aromatic rings. The quantitative estimate of drug-likeness (QED) is 0.0874. The molecule has 0 bridgehead atoms. The summed E-state index contributed by atoms with van der Waals surface area (Å²) in [5, 5.41) is 10.6. The van der Waals surface area contributed by atoms with Crippen molar-refractivity contribution in [2.24, 2.45) is 11.8 Å². The molecule has 0 aliphatic carbocycles. The van der Waals surface area contributed by atoms with E-state index in [4.69, 9.17) is 8.83 Å². The van der Waals surface area contributed by atoms with E-state index in [0.717, 1.165) is 24.0 Å². The standard InChI is InChI=1S/C41H42F2N6O5/c1-23(2)13-15-44-37(50)19-25-5-11-35-33(17-25)46-39(53-35)27-7-9-31(29(42)21-27)48-41(52)49-32-10-8-28(22-30(32)43)40-47-34-18-26(6-12-36(34)54-40)20-38(51)45-16-14-24(3)4/h5-12,17-18,21-24H,13-16,19-20H2,1-4H3,(H,44,50)(H,45,51)(H2,48,49,52). The maximum Gasteiger partial charge on any atom is 0.323 e. The van der Waals surface area contributed by atoms with Crippen LogP contribution in [0.25, 0.3) is 45.1 Å². The number of urea groups is 1. The summed E-state index contributed by atoms with van der Waals surface area (Å²) in [4.78, 5) is 46.3. The molecule has 13 heteroatoms. The van der Waals surface area contributed by atoms with Gasteiger partial charge in [-0.05, 0) is 96.5 Å². The van der Waals surface area contributed by atoms with Crippen LogP contribution in [0, 0.1) is 23.5 Å². The van der Waals surface area contributed by atoms with Gasteiger partial charge in [-0.2, -0.15) is 0 Å². The number of hydrogen-bond donors (Lipinski definition) is 4. The molecule has 0 spiro atoms. The molecular weight excluding hydrogens is 694 g/mol. The van der Waals surface area contributed by atoms with Crippen molar-refractivity contribution < 1.29 is 32.0 Å². The normalized spacial score (nSPS) is 11.4. The van der Waals surface area contributed by atoms with Crippen molar-refractivity contribution in [3.8, 4) is 22.9 Å². The van der Waals surface area contributed by atoms with E-state index in [0.29, 0.717) is 58.3 Å². The predicted octanol–water partition coefficient (Wildman–Crippen LogP) is 8.63. The molecule has 6 rings (SSSR count). The van der Waals surface area contributed by atoms with Crippen molar-refractivity contribution in [3.05, 3.63) is 95.6 Å². The first-order valence-electron chi connectivity index (χ1n) is 17.9. The molecule has 0 aliphatic heterocycles. The number of aromatic nitrogens is 2. The summed E-state index contributed by atoms with van der Waals surface area (Å²) < 4.78 is 42.0. The molecule has 0 atom stereocenters. The van der Waals surface area contributed by atoms with Gasteiger partial charge in [-0.1, -0.05) is 39.8 Å². The molecule has 0 aliphatic rings. The van der Waals surface area contributed by atoms with Crippen LogP contribution in [-0.4, -0.2) is 40.9 Å². The average Bonchev–Trinajstić information content (AvgIpc) is 3.74. The predicted molar refractivity (Wildman–Crippen MR) is 204 cm³/mol. The van der Waals surface area contributed by atoms with E-state index in [1.807, 2.05) is 0 Å². The van der Waals surface area contributed by atoms with Crippen molar-refractivity contribution in [2.75, 3.05) is 23.7 Å². The monoisotopic (exact) mass is 736 g/mol. The van der Waals surface area contributed by atoms with Gasteiger partial charge in [0.05, 0.1) is 24.2 Å². The van der Waals surface area contributed by atoms with E-state index in [1.165, 1.54) is 36.4 Å². The van der Waals surface area contributed by atoms with Crippen LogP contribution in [-0.2, 0) is 22.4 Å². The van der Waals surface area contributed by atoms with Gasteiger partial charge in [-0.15, -0.1) is 0 Å². The topological polar surface area (TPSA) is 151 Å². The fourth-order valence-electron chi connectivity index (χ4n) is 5.68. The SMILES string of the molecule is CC(C)CCNC(=O)Cc1ccc2oc(-c3ccc(NC(=O)Nc4ccc(-c5nc6cc(CC(=O)NCCC(C)C)ccc6o5)cc4F)c(F)c3)nc2c1. The molecule has 2 aromatic heterocycles. The second kappa shape index (κ2) is 16.7. The molecule has 0 saturated heterocycles. The van der Waals surface area contributed by atoms with Gasteiger partial charge in [-0.3, -0.25) is 9.59 Å². The van der Waals surface area contributed by atoms with E-state index in [-0.39, 0.29) is 47.8 Å². The molecule has 0 unspecified atom stereocenters. The summed E-state index contributed by atoms with van der Waals surface area (Å²) in [6.07, 6.45) is 2.19. The summed E-state index contributed by atoms with van der Waals surface area (Å²) in [5.41, 5.74) is 3.91. The van der Waals surface area contributed by atoms with Gasteiger partial charge < -0.3 is 30.1 Å². The number of benzene rings is 4. The minimum absolute atomic E-state index is 0.0844. The van der Waals surface area contributed by atoms with Crippen molar-refractivity contribution in [3.63, 3.8) is 0 Å². The number of hydrogen-bond acceptors (Lipinski definition) is 7. The number of rotatable bonds is 14. The molecular formula is C41H42F2N6O5. The molecule has 11 nitrogen and oxygen atoms in total. The van der Waals surface area contributed by atoms with Crippen molar-refractivity contribution in [2.45, 2.75) is 53.4 Å². The lowest BCUT2D eigenvalue weighted by Crippen LogP contribution is -2.26. The second-order valence-corrected chi connectivity index (χ2v) is 14.0. The lowest BCUT2D eigenvalue weighted by Gasteiger charge is -2.10. The molecule has 0 saturated carbocycles. The Morgan fingerprint density at radius 1 is 0.611 bits per heavy atom. The Hall–Kier alpha value is -6.11. The summed E-state index contributed by atoms with van der Waals surface area (Å²) in [6.45, 7) is 9.61. The van der Waals surface area contributed by atoms with Gasteiger partial charge in [0.15, 0.2) is 11.2 Å². The highest BCUT2D eigenvalue weighted by Crippen LogP contribution is 2.30. The molecule has 2 heterocycles. The number of anilines is 2. The number of nitrogens with one attached hydrogen (secondary N) is 4. The number of carbonyl (C=O) groups is 3. The third-order valence-electron chi connectivity index (χ3n) is 8.65. The molecule has 54 heavy (non-hydrogen) atoms. The van der Waals surface area contributed by atoms with Gasteiger partial charge in [0, 0.05) is 24.2 Å². The van der Waals surface area contributed by atoms with Gasteiger partial charge in [0.1, 0.15) is 22.7 Å². The minimum Gasteiger partial charge on any atom is -0.436 e. The first-order chi connectivity index (χ1) is 25.9. The average molecular weight is 737 g/mol. The number of halogens is 2. The Morgan fingerprint density at radius 2 is 1.04 bits per heavy atom. The van der Waals surface area contributed by atoms with Crippen LogP contribution in [0.5, 0.6) is 0 Å². The highest BCUT2D eigenvalue weighted by Gasteiger charge is 2.17. The second-order valence-electron chi connectivity index (χ2n) is 14.0. The van der Waals surface area contributed by atoms with E-state index >= 15 is 8.78 Å². The third kappa shape index (κ3) is 9.65. The van der Waals surface area contributed by atoms with Crippen molar-refractivity contribution in [1.29, 1.82) is 0 Å². The van der Waals surface area contributed by atoms with Crippen LogP contribution in [0.3, 0.4) is 0 Å². The highest BCUT2D eigenvalue weighted by molar-refractivity contribution is 6.00. The Bertz CT molecular complexity index is 2160. The summed E-state index contributed by atoms with van der Waals surface area (Å²) in [7, 11) is 0. The van der Waals surface area contributed by atoms with E-state index in [9.17, 15) is 14.4 Å². The highest BCUT2D eigenvalue weighted by atomic mass is 19.1. The fourth-order valence-corrected chi connectivity index (χ4v) is 5.68. The van der Waals surface area contributed by atoms with Gasteiger partial charge >= 0.3 is 6.03 Å². The van der Waals surface area contributed by atoms with Gasteiger partial charge in [0.25, 0.3) is 0 Å². The third-order valence-corrected chi connectivity index (χ3v) is 8.65. The van der Waals surface area contributed by atoms with Crippen LogP contribution in [0.4, 0.5) is 25.0 Å². The smallest absolute Gasteiger partial charge is 0.323 e. The van der Waals surface area contributed by atoms with E-state index in [1.54, 1.807) is 36.4 Å². The van der Waals surface area contributed by atoms with Crippen molar-refractivity contribution >= 4 is 51.4 Å². The van der Waals surface area contributed by atoms with Crippen LogP contribution in [0.1, 0.15) is 51.7 Å². The maximum atomic E-state index is 15.2. The zero-order chi connectivity index (χ0) is 38.4. The van der Waals surface area contributed by atoms with Gasteiger partial charge in [-0.25, -0.2) is 23.5 Å². The molecule has 0 fully saturated rings. The first-order valence-corrected chi connectivity index (χ1v) is 17.9. The molecule has 280 valence electrons. The Balaban J connectivity index is 1.06. The Kier molecular flexibility index (Phi) is 11.6. The zero-order valence-corrected chi connectivity index (χ0v) is 30.5. The number of oxazole rings is 2. The Morgan fingerprint density at radius 3 is 1.43 bits per heavy atom. The summed E-state index contributed by atoms with van der Waals surface area (Å²) in [5.74, 6) is -0.365. The van der Waals surface area contributed by atoms with Crippen LogP contribution in [0.2, 0.25) is 0 Å². The lowest BCUT2D eigenvalue weighted by atomic mass is 10.1. The zero-order valence-electron chi connectivity index (χ0n) is 30.5. The molecule has 4 aromatic carbocycles. The maximum absolute atomic E-state index is 15.2. The van der Waals surface area contributed by atoms with E-state index in [2.05, 4.69) is 58.9 Å². The lowest BCUT2D eigenvalue weighted by molar-refractivity contribution is -0.121. The number of carbonyl (C=O) groups excluding carboxylic acids is 3. The first kappa shape index (κ1) is 37.6. The van der Waals surface area contributed by atoms with Crippen LogP contribution < -0.4 is 21.3 Å². The number of nitrogens with zero attached hydrogens (tertiary/aromatic N) is 2. The van der Waals surface area contributed by atoms with Gasteiger partial charge in [0.2, 0.25) is 23.6 Å². The fraction of sp³-hybridized carbons (Fsp3) is 0.293. The number of fused-ring (bicyclic) bond motifs is 2. The Labute approximate surface area is 310 Å². The molecule has 4 N–H and O–H groups in total. The van der Waals surface area contributed by atoms with Crippen LogP contribution >= 0.6 is 0 Å². The molecule has 4 amide bonds. The largest absolute Gasteiger partial charge is 0.436 e. The summed E-state index contributed by atoms with van der Waals surface area (Å²) in [6, 6.07) is 17.8. The minimum atomic E-state index is -0.862. The van der Waals surface area contributed by atoms with E-state index < -0.39 is 17.7 Å². The summed E-state index contributed by atoms with van der Waals surface area (Å²) >= 11 is 0. The van der Waals surface area contributed by atoms with Crippen molar-refractivity contribution in [1.82, 2.24) is 20.6 Å². The molecule has 0 radical (unpaired) electrons.